The predicted octanol–water partition coefficient (Wildman–Crippen LogP) is 0.900. The fourth-order valence-corrected chi connectivity index (χ4v) is 2.16. The first kappa shape index (κ1) is 22.1. The molecule has 0 aliphatic carbocycles. The maximum atomic E-state index is 12.2. The number of esters is 1. The van der Waals surface area contributed by atoms with Crippen LogP contribution in [0.25, 0.3) is 0 Å². The van der Waals surface area contributed by atoms with Crippen LogP contribution in [-0.4, -0.2) is 58.3 Å². The molecule has 1 aromatic rings. The van der Waals surface area contributed by atoms with Gasteiger partial charge in [-0.15, -0.1) is 0 Å². The summed E-state index contributed by atoms with van der Waals surface area (Å²) in [5.74, 6) is -0.728. The number of hydrogen-bond donors (Lipinski definition) is 2. The van der Waals surface area contributed by atoms with Crippen LogP contribution in [0.3, 0.4) is 0 Å². The summed E-state index contributed by atoms with van der Waals surface area (Å²) >= 11 is 0. The fraction of sp³-hybridized carbons (Fsp3) is 0.500. The largest absolute Gasteiger partial charge is 0.493 e. The zero-order valence-corrected chi connectivity index (χ0v) is 16.2. The van der Waals surface area contributed by atoms with Crippen LogP contribution in [0.5, 0.6) is 17.2 Å². The molecule has 1 rings (SSSR count). The predicted molar refractivity (Wildman–Crippen MR) is 97.3 cm³/mol. The number of rotatable bonds is 10. The van der Waals surface area contributed by atoms with E-state index in [2.05, 4.69) is 10.6 Å². The molecule has 0 spiro atoms. The minimum Gasteiger partial charge on any atom is -0.493 e. The summed E-state index contributed by atoms with van der Waals surface area (Å²) in [4.78, 5) is 35.8. The van der Waals surface area contributed by atoms with Gasteiger partial charge >= 0.3 is 5.97 Å². The molecule has 0 radical (unpaired) electrons. The molecule has 0 bridgehead atoms. The number of hydrogen-bond acceptors (Lipinski definition) is 7. The molecule has 0 unspecified atom stereocenters. The van der Waals surface area contributed by atoms with Gasteiger partial charge in [0.2, 0.25) is 11.7 Å². The molecule has 2 amide bonds. The van der Waals surface area contributed by atoms with Gasteiger partial charge < -0.3 is 29.6 Å². The molecular formula is C18H26N2O7. The summed E-state index contributed by atoms with van der Waals surface area (Å²) in [5.41, 5.74) is 0.131. The van der Waals surface area contributed by atoms with Crippen LogP contribution in [-0.2, 0) is 14.3 Å². The van der Waals surface area contributed by atoms with E-state index in [4.69, 9.17) is 18.9 Å². The number of methoxy groups -OCH3 is 3. The van der Waals surface area contributed by atoms with Crippen molar-refractivity contribution in [3.05, 3.63) is 17.7 Å². The van der Waals surface area contributed by atoms with Gasteiger partial charge in [0.05, 0.1) is 26.9 Å². The molecule has 0 aromatic heterocycles. The van der Waals surface area contributed by atoms with Crippen molar-refractivity contribution >= 4 is 17.8 Å². The van der Waals surface area contributed by atoms with Gasteiger partial charge in [-0.3, -0.25) is 9.59 Å². The van der Waals surface area contributed by atoms with Gasteiger partial charge in [0.15, 0.2) is 18.1 Å². The molecule has 9 nitrogen and oxygen atoms in total. The first-order chi connectivity index (χ1) is 12.9. The molecule has 0 aliphatic heterocycles. The Labute approximate surface area is 158 Å². The van der Waals surface area contributed by atoms with Crippen molar-refractivity contribution in [2.24, 2.45) is 0 Å². The summed E-state index contributed by atoms with van der Waals surface area (Å²) in [6.45, 7) is 3.46. The molecule has 2 N–H and O–H groups in total. The van der Waals surface area contributed by atoms with Crippen LogP contribution >= 0.6 is 0 Å². The van der Waals surface area contributed by atoms with Crippen molar-refractivity contribution in [2.75, 3.05) is 34.5 Å². The second-order valence-corrected chi connectivity index (χ2v) is 5.57. The molecule has 1 atom stereocenters. The zero-order chi connectivity index (χ0) is 20.4. The summed E-state index contributed by atoms with van der Waals surface area (Å²) in [6, 6.07) is 2.11. The third kappa shape index (κ3) is 6.36. The smallest absolute Gasteiger partial charge is 0.338 e. The average Bonchev–Trinajstić information content (AvgIpc) is 2.68. The average molecular weight is 382 g/mol. The molecule has 0 saturated carbocycles. The van der Waals surface area contributed by atoms with Gasteiger partial charge in [0.1, 0.15) is 6.04 Å². The number of carbonyl (C=O) groups is 3. The lowest BCUT2D eigenvalue weighted by atomic mass is 10.2. The van der Waals surface area contributed by atoms with Crippen LogP contribution < -0.4 is 24.8 Å². The van der Waals surface area contributed by atoms with Crippen molar-refractivity contribution in [3.63, 3.8) is 0 Å². The molecule has 0 fully saturated rings. The van der Waals surface area contributed by atoms with Gasteiger partial charge in [-0.05, 0) is 25.5 Å². The lowest BCUT2D eigenvalue weighted by Gasteiger charge is -2.15. The minimum atomic E-state index is -0.743. The standard InChI is InChI=1S/C18H26N2O7/c1-6-7-19-17(22)11(2)20-15(21)10-27-18(23)12-8-13(24-3)16(26-5)14(9-12)25-4/h8-9,11H,6-7,10H2,1-5H3,(H,19,22)(H,20,21)/t11-/m1/s1. The fourth-order valence-electron chi connectivity index (χ4n) is 2.16. The van der Waals surface area contributed by atoms with E-state index < -0.39 is 24.5 Å². The topological polar surface area (TPSA) is 112 Å². The van der Waals surface area contributed by atoms with Crippen molar-refractivity contribution in [1.29, 1.82) is 0 Å². The van der Waals surface area contributed by atoms with Crippen LogP contribution in [0, 0.1) is 0 Å². The highest BCUT2D eigenvalue weighted by Gasteiger charge is 2.20. The van der Waals surface area contributed by atoms with E-state index in [0.717, 1.165) is 6.42 Å². The molecule has 1 aromatic carbocycles. The number of nitrogens with one attached hydrogen (secondary N) is 2. The SMILES string of the molecule is CCCNC(=O)[C@@H](C)NC(=O)COC(=O)c1cc(OC)c(OC)c(OC)c1. The highest BCUT2D eigenvalue weighted by molar-refractivity contribution is 5.93. The first-order valence-electron chi connectivity index (χ1n) is 8.42. The van der Waals surface area contributed by atoms with E-state index in [9.17, 15) is 14.4 Å². The Morgan fingerprint density at radius 2 is 1.63 bits per heavy atom. The third-order valence-electron chi connectivity index (χ3n) is 3.55. The second-order valence-electron chi connectivity index (χ2n) is 5.57. The summed E-state index contributed by atoms with van der Waals surface area (Å²) in [5, 5.41) is 5.12. The third-order valence-corrected chi connectivity index (χ3v) is 3.55. The molecule has 9 heteroatoms. The van der Waals surface area contributed by atoms with Crippen molar-refractivity contribution < 1.29 is 33.3 Å². The van der Waals surface area contributed by atoms with Gasteiger partial charge in [0, 0.05) is 6.54 Å². The quantitative estimate of drug-likeness (QED) is 0.578. The summed E-state index contributed by atoms with van der Waals surface area (Å²) in [7, 11) is 4.29. The molecule has 27 heavy (non-hydrogen) atoms. The molecule has 0 aliphatic rings. The maximum Gasteiger partial charge on any atom is 0.338 e. The number of benzene rings is 1. The molecule has 0 heterocycles. The Morgan fingerprint density at radius 3 is 2.11 bits per heavy atom. The first-order valence-corrected chi connectivity index (χ1v) is 8.42. The molecular weight excluding hydrogens is 356 g/mol. The Morgan fingerprint density at radius 1 is 1.04 bits per heavy atom. The number of ether oxygens (including phenoxy) is 4. The summed E-state index contributed by atoms with van der Waals surface area (Å²) in [6.07, 6.45) is 0.790. The number of carbonyl (C=O) groups excluding carboxylic acids is 3. The molecule has 150 valence electrons. The van der Waals surface area contributed by atoms with Crippen LogP contribution in [0.1, 0.15) is 30.6 Å². The van der Waals surface area contributed by atoms with Crippen molar-refractivity contribution in [3.8, 4) is 17.2 Å². The van der Waals surface area contributed by atoms with E-state index in [0.29, 0.717) is 12.3 Å². The van der Waals surface area contributed by atoms with Crippen molar-refractivity contribution in [1.82, 2.24) is 10.6 Å². The lowest BCUT2D eigenvalue weighted by molar-refractivity contribution is -0.130. The van der Waals surface area contributed by atoms with Gasteiger partial charge in [-0.2, -0.15) is 0 Å². The van der Waals surface area contributed by atoms with E-state index in [1.807, 2.05) is 6.92 Å². The van der Waals surface area contributed by atoms with Crippen molar-refractivity contribution in [2.45, 2.75) is 26.3 Å². The minimum absolute atomic E-state index is 0.131. The Kier molecular flexibility index (Phi) is 8.91. The maximum absolute atomic E-state index is 12.2. The van der Waals surface area contributed by atoms with E-state index in [1.54, 1.807) is 6.92 Å². The summed E-state index contributed by atoms with van der Waals surface area (Å²) < 4.78 is 20.5. The monoisotopic (exact) mass is 382 g/mol. The Balaban J connectivity index is 2.69. The van der Waals surface area contributed by atoms with Crippen LogP contribution in [0.15, 0.2) is 12.1 Å². The van der Waals surface area contributed by atoms with Gasteiger partial charge in [-0.25, -0.2) is 4.79 Å². The lowest BCUT2D eigenvalue weighted by Crippen LogP contribution is -2.46. The van der Waals surface area contributed by atoms with Crippen LogP contribution in [0.2, 0.25) is 0 Å². The van der Waals surface area contributed by atoms with Gasteiger partial charge in [0.25, 0.3) is 5.91 Å². The Hall–Kier alpha value is -2.97. The van der Waals surface area contributed by atoms with Gasteiger partial charge in [-0.1, -0.05) is 6.92 Å². The highest BCUT2D eigenvalue weighted by Crippen LogP contribution is 2.38. The van der Waals surface area contributed by atoms with E-state index >= 15 is 0 Å². The molecule has 0 saturated heterocycles. The zero-order valence-electron chi connectivity index (χ0n) is 16.2. The van der Waals surface area contributed by atoms with E-state index in [1.165, 1.54) is 33.5 Å². The van der Waals surface area contributed by atoms with E-state index in [-0.39, 0.29) is 23.0 Å². The normalized spacial score (nSPS) is 11.1. The van der Waals surface area contributed by atoms with Crippen LogP contribution in [0.4, 0.5) is 0 Å². The Bertz CT molecular complexity index is 651. The second kappa shape index (κ2) is 10.9. The highest BCUT2D eigenvalue weighted by atomic mass is 16.5. The number of amides is 2.